The summed E-state index contributed by atoms with van der Waals surface area (Å²) in [7, 11) is 0. The molecule has 0 spiro atoms. The number of hydrogen-bond acceptors (Lipinski definition) is 4. The lowest BCUT2D eigenvalue weighted by Crippen LogP contribution is -2.40. The Labute approximate surface area is 163 Å². The van der Waals surface area contributed by atoms with Crippen LogP contribution in [0.25, 0.3) is 11.1 Å². The Kier molecular flexibility index (Phi) is 5.62. The van der Waals surface area contributed by atoms with E-state index >= 15 is 0 Å². The average Bonchev–Trinajstić information content (AvgIpc) is 3.06. The fourth-order valence-electron chi connectivity index (χ4n) is 3.46. The highest BCUT2D eigenvalue weighted by molar-refractivity contribution is 7.15. The van der Waals surface area contributed by atoms with Gasteiger partial charge in [0.2, 0.25) is 11.8 Å². The van der Waals surface area contributed by atoms with Gasteiger partial charge in [0.25, 0.3) is 0 Å². The summed E-state index contributed by atoms with van der Waals surface area (Å²) in [6.45, 7) is 6.82. The largest absolute Gasteiger partial charge is 0.343 e. The quantitative estimate of drug-likeness (QED) is 0.870. The van der Waals surface area contributed by atoms with E-state index in [1.165, 1.54) is 11.3 Å². The Hall–Kier alpha value is -2.65. The van der Waals surface area contributed by atoms with Gasteiger partial charge in [0.1, 0.15) is 11.1 Å². The molecule has 140 valence electrons. The number of anilines is 1. The first-order valence-electron chi connectivity index (χ1n) is 9.06. The lowest BCUT2D eigenvalue weighted by atomic mass is 9.95. The van der Waals surface area contributed by atoms with Gasteiger partial charge in [-0.1, -0.05) is 23.8 Å². The van der Waals surface area contributed by atoms with E-state index in [0.29, 0.717) is 36.5 Å². The maximum atomic E-state index is 12.7. The summed E-state index contributed by atoms with van der Waals surface area (Å²) in [5.41, 5.74) is 4.64. The van der Waals surface area contributed by atoms with E-state index in [0.717, 1.165) is 22.3 Å². The number of nitrogens with zero attached hydrogens (tertiary/aromatic N) is 2. The number of aryl methyl sites for hydroxylation is 2. The van der Waals surface area contributed by atoms with Crippen LogP contribution in [0.1, 0.15) is 36.5 Å². The maximum Gasteiger partial charge on any atom is 0.228 e. The number of nitrogens with one attached hydrogen (secondary N) is 1. The van der Waals surface area contributed by atoms with E-state index in [2.05, 4.69) is 17.5 Å². The molecule has 27 heavy (non-hydrogen) atoms. The smallest absolute Gasteiger partial charge is 0.228 e. The first-order valence-corrected chi connectivity index (χ1v) is 9.94. The third-order valence-electron chi connectivity index (χ3n) is 5.13. The van der Waals surface area contributed by atoms with Crippen LogP contribution in [0, 0.1) is 31.1 Å². The SMILES string of the molecule is CC(=O)N1CCC(C(=O)Nc2scc(-c3cc(C)ccc3C)c2C#N)CC1. The third-order valence-corrected chi connectivity index (χ3v) is 6.03. The van der Waals surface area contributed by atoms with Crippen molar-refractivity contribution in [1.82, 2.24) is 4.90 Å². The van der Waals surface area contributed by atoms with Gasteiger partial charge in [0, 0.05) is 36.9 Å². The van der Waals surface area contributed by atoms with E-state index < -0.39 is 0 Å². The number of nitriles is 1. The minimum atomic E-state index is -0.126. The Morgan fingerprint density at radius 1 is 1.22 bits per heavy atom. The van der Waals surface area contributed by atoms with Crippen molar-refractivity contribution in [1.29, 1.82) is 5.26 Å². The van der Waals surface area contributed by atoms with Crippen molar-refractivity contribution in [3.63, 3.8) is 0 Å². The van der Waals surface area contributed by atoms with Gasteiger partial charge in [0.05, 0.1) is 5.56 Å². The molecule has 0 atom stereocenters. The molecule has 1 fully saturated rings. The molecule has 1 aromatic heterocycles. The number of hydrogen-bond donors (Lipinski definition) is 1. The van der Waals surface area contributed by atoms with Crippen LogP contribution >= 0.6 is 11.3 Å². The molecule has 0 bridgehead atoms. The maximum absolute atomic E-state index is 12.7. The van der Waals surface area contributed by atoms with E-state index in [9.17, 15) is 14.9 Å². The highest BCUT2D eigenvalue weighted by atomic mass is 32.1. The summed E-state index contributed by atoms with van der Waals surface area (Å²) in [5.74, 6) is -0.139. The van der Waals surface area contributed by atoms with E-state index in [1.54, 1.807) is 11.8 Å². The zero-order valence-electron chi connectivity index (χ0n) is 15.8. The molecule has 6 heteroatoms. The third kappa shape index (κ3) is 4.04. The zero-order valence-corrected chi connectivity index (χ0v) is 16.7. The Bertz CT molecular complexity index is 918. The lowest BCUT2D eigenvalue weighted by Gasteiger charge is -2.30. The van der Waals surface area contributed by atoms with Crippen molar-refractivity contribution >= 4 is 28.2 Å². The van der Waals surface area contributed by atoms with Gasteiger partial charge in [-0.2, -0.15) is 5.26 Å². The summed E-state index contributed by atoms with van der Waals surface area (Å²) in [5, 5.41) is 15.2. The fourth-order valence-corrected chi connectivity index (χ4v) is 4.37. The van der Waals surface area contributed by atoms with Crippen molar-refractivity contribution < 1.29 is 9.59 Å². The van der Waals surface area contributed by atoms with E-state index in [4.69, 9.17) is 0 Å². The highest BCUT2D eigenvalue weighted by Gasteiger charge is 2.27. The normalized spacial score (nSPS) is 14.7. The molecule has 1 aliphatic heterocycles. The minimum absolute atomic E-state index is 0.0528. The second-order valence-electron chi connectivity index (χ2n) is 7.05. The molecule has 0 unspecified atom stereocenters. The molecule has 0 saturated carbocycles. The predicted molar refractivity (Wildman–Crippen MR) is 108 cm³/mol. The van der Waals surface area contributed by atoms with E-state index in [1.807, 2.05) is 31.4 Å². The lowest BCUT2D eigenvalue weighted by molar-refractivity contribution is -0.132. The molecule has 1 saturated heterocycles. The van der Waals surface area contributed by atoms with Crippen LogP contribution in [0.15, 0.2) is 23.6 Å². The molecule has 1 aliphatic rings. The van der Waals surface area contributed by atoms with Gasteiger partial charge in [-0.3, -0.25) is 9.59 Å². The first-order chi connectivity index (χ1) is 12.9. The first kappa shape index (κ1) is 19.1. The van der Waals surface area contributed by atoms with Crippen molar-refractivity contribution in [3.8, 4) is 17.2 Å². The highest BCUT2D eigenvalue weighted by Crippen LogP contribution is 2.37. The van der Waals surface area contributed by atoms with E-state index in [-0.39, 0.29) is 17.7 Å². The van der Waals surface area contributed by atoms with Crippen molar-refractivity contribution in [2.75, 3.05) is 18.4 Å². The van der Waals surface area contributed by atoms with Gasteiger partial charge in [0.15, 0.2) is 0 Å². The molecule has 1 aromatic carbocycles. The van der Waals surface area contributed by atoms with Gasteiger partial charge in [-0.15, -0.1) is 11.3 Å². The zero-order chi connectivity index (χ0) is 19.6. The average molecular weight is 382 g/mol. The van der Waals surface area contributed by atoms with Crippen molar-refractivity contribution in [2.45, 2.75) is 33.6 Å². The van der Waals surface area contributed by atoms with Crippen LogP contribution in [0.5, 0.6) is 0 Å². The molecule has 1 N–H and O–H groups in total. The topological polar surface area (TPSA) is 73.2 Å². The Morgan fingerprint density at radius 2 is 1.93 bits per heavy atom. The summed E-state index contributed by atoms with van der Waals surface area (Å²) < 4.78 is 0. The van der Waals surface area contributed by atoms with Gasteiger partial charge < -0.3 is 10.2 Å². The van der Waals surface area contributed by atoms with Gasteiger partial charge in [-0.05, 0) is 37.8 Å². The number of carbonyl (C=O) groups is 2. The van der Waals surface area contributed by atoms with Gasteiger partial charge >= 0.3 is 0 Å². The van der Waals surface area contributed by atoms with Crippen LogP contribution in [-0.4, -0.2) is 29.8 Å². The summed E-state index contributed by atoms with van der Waals surface area (Å²) >= 11 is 1.39. The number of carbonyl (C=O) groups excluding carboxylic acids is 2. The second kappa shape index (κ2) is 7.93. The fraction of sp³-hybridized carbons (Fsp3) is 0.381. The number of thiophene rings is 1. The molecular formula is C21H23N3O2S. The summed E-state index contributed by atoms with van der Waals surface area (Å²) in [6, 6.07) is 8.43. The second-order valence-corrected chi connectivity index (χ2v) is 7.93. The van der Waals surface area contributed by atoms with Gasteiger partial charge in [-0.25, -0.2) is 0 Å². The molecule has 2 aromatic rings. The Balaban J connectivity index is 1.78. The number of amides is 2. The molecule has 0 aliphatic carbocycles. The van der Waals surface area contributed by atoms with Crippen LogP contribution < -0.4 is 5.32 Å². The number of rotatable bonds is 3. The van der Waals surface area contributed by atoms with Crippen LogP contribution in [0.4, 0.5) is 5.00 Å². The summed E-state index contributed by atoms with van der Waals surface area (Å²) in [6.07, 6.45) is 1.31. The molecule has 2 amide bonds. The number of piperidine rings is 1. The molecular weight excluding hydrogens is 358 g/mol. The monoisotopic (exact) mass is 381 g/mol. The van der Waals surface area contributed by atoms with Crippen LogP contribution in [0.2, 0.25) is 0 Å². The van der Waals surface area contributed by atoms with Crippen LogP contribution in [0.3, 0.4) is 0 Å². The molecule has 2 heterocycles. The minimum Gasteiger partial charge on any atom is -0.343 e. The van der Waals surface area contributed by atoms with Crippen molar-refractivity contribution in [3.05, 3.63) is 40.3 Å². The number of likely N-dealkylation sites (tertiary alicyclic amines) is 1. The molecule has 5 nitrogen and oxygen atoms in total. The predicted octanol–water partition coefficient (Wildman–Crippen LogP) is 4.10. The molecule has 0 radical (unpaired) electrons. The Morgan fingerprint density at radius 3 is 2.56 bits per heavy atom. The van der Waals surface area contributed by atoms with Crippen molar-refractivity contribution in [2.24, 2.45) is 5.92 Å². The summed E-state index contributed by atoms with van der Waals surface area (Å²) in [4.78, 5) is 25.9. The number of benzene rings is 1. The molecule has 3 rings (SSSR count). The standard InChI is InChI=1S/C21H23N3O2S/c1-13-4-5-14(2)17(10-13)19-12-27-21(18(19)11-22)23-20(26)16-6-8-24(9-7-16)15(3)25/h4-5,10,12,16H,6-9H2,1-3H3,(H,23,26). The van der Waals surface area contributed by atoms with Crippen LogP contribution in [-0.2, 0) is 9.59 Å².